The average molecular weight is 358 g/mol. The van der Waals surface area contributed by atoms with E-state index in [1.54, 1.807) is 11.6 Å². The van der Waals surface area contributed by atoms with Gasteiger partial charge in [-0.15, -0.1) is 0 Å². The molecule has 6 heteroatoms. The third-order valence-corrected chi connectivity index (χ3v) is 4.63. The molecule has 26 heavy (non-hydrogen) atoms. The zero-order valence-electron chi connectivity index (χ0n) is 14.9. The van der Waals surface area contributed by atoms with E-state index in [4.69, 9.17) is 14.7 Å². The van der Waals surface area contributed by atoms with Crippen molar-refractivity contribution >= 4 is 11.7 Å². The molecular weight excluding hydrogens is 332 g/mol. The maximum atomic E-state index is 11.0. The van der Waals surface area contributed by atoms with Crippen molar-refractivity contribution in [1.82, 2.24) is 10.4 Å². The summed E-state index contributed by atoms with van der Waals surface area (Å²) < 4.78 is 11.8. The summed E-state index contributed by atoms with van der Waals surface area (Å²) in [6.07, 6.45) is 9.30. The Balaban J connectivity index is 1.49. The number of hydrogen-bond acceptors (Lipinski definition) is 5. The van der Waals surface area contributed by atoms with Crippen LogP contribution in [0.25, 0.3) is 5.76 Å². The van der Waals surface area contributed by atoms with Crippen LogP contribution in [-0.4, -0.2) is 48.4 Å². The van der Waals surface area contributed by atoms with Gasteiger partial charge in [0.1, 0.15) is 24.2 Å². The van der Waals surface area contributed by atoms with Crippen LogP contribution in [0.15, 0.2) is 42.5 Å². The molecule has 0 saturated carbocycles. The van der Waals surface area contributed by atoms with Gasteiger partial charge in [0.05, 0.1) is 0 Å². The second-order valence-electron chi connectivity index (χ2n) is 6.57. The van der Waals surface area contributed by atoms with E-state index >= 15 is 0 Å². The summed E-state index contributed by atoms with van der Waals surface area (Å²) in [6, 6.07) is 7.88. The lowest BCUT2D eigenvalue weighted by molar-refractivity contribution is -0.124. The monoisotopic (exact) mass is 358 g/mol. The van der Waals surface area contributed by atoms with Crippen LogP contribution in [0.5, 0.6) is 5.75 Å². The lowest BCUT2D eigenvalue weighted by Crippen LogP contribution is -2.33. The molecule has 1 amide bonds. The topological polar surface area (TPSA) is 71.0 Å². The maximum Gasteiger partial charge on any atom is 0.267 e. The Kier molecular flexibility index (Phi) is 6.68. The number of benzene rings is 1. The molecule has 1 aromatic rings. The standard InChI is InChI=1S/C20H26N2O4/c23-20(21-24)10-8-17-7-9-19(26-17)16-5-4-6-18(15-16)25-14-13-22-11-2-1-3-12-22/h4-6,8-10,15,17,24H,1-3,7,11-14H2,(H,21,23)/b10-8+. The second-order valence-corrected chi connectivity index (χ2v) is 6.57. The van der Waals surface area contributed by atoms with Gasteiger partial charge in [-0.05, 0) is 50.2 Å². The molecule has 0 bridgehead atoms. The fourth-order valence-electron chi connectivity index (χ4n) is 3.23. The van der Waals surface area contributed by atoms with Crippen LogP contribution in [0.1, 0.15) is 31.2 Å². The van der Waals surface area contributed by atoms with Crippen LogP contribution in [0, 0.1) is 0 Å². The number of hydrogen-bond donors (Lipinski definition) is 2. The molecule has 0 spiro atoms. The molecule has 3 rings (SSSR count). The molecule has 1 atom stereocenters. The Hall–Kier alpha value is -2.31. The molecule has 2 aliphatic heterocycles. The third kappa shape index (κ3) is 5.34. The smallest absolute Gasteiger partial charge is 0.267 e. The number of piperidine rings is 1. The van der Waals surface area contributed by atoms with Crippen molar-refractivity contribution in [2.24, 2.45) is 0 Å². The highest BCUT2D eigenvalue weighted by molar-refractivity contribution is 5.86. The number of rotatable bonds is 7. The molecule has 1 fully saturated rings. The van der Waals surface area contributed by atoms with Gasteiger partial charge in [0, 0.05) is 24.6 Å². The van der Waals surface area contributed by atoms with Gasteiger partial charge in [0.15, 0.2) is 0 Å². The van der Waals surface area contributed by atoms with E-state index in [2.05, 4.69) is 4.90 Å². The number of likely N-dealkylation sites (tertiary alicyclic amines) is 1. The first-order valence-electron chi connectivity index (χ1n) is 9.19. The van der Waals surface area contributed by atoms with Crippen molar-refractivity contribution in [2.75, 3.05) is 26.2 Å². The van der Waals surface area contributed by atoms with Crippen molar-refractivity contribution in [3.05, 3.63) is 48.1 Å². The summed E-state index contributed by atoms with van der Waals surface area (Å²) in [4.78, 5) is 13.5. The number of ether oxygens (including phenoxy) is 2. The van der Waals surface area contributed by atoms with E-state index < -0.39 is 5.91 Å². The molecule has 2 N–H and O–H groups in total. The summed E-state index contributed by atoms with van der Waals surface area (Å²) in [7, 11) is 0. The van der Waals surface area contributed by atoms with Crippen molar-refractivity contribution in [1.29, 1.82) is 0 Å². The summed E-state index contributed by atoms with van der Waals surface area (Å²) in [5.74, 6) is 1.05. The summed E-state index contributed by atoms with van der Waals surface area (Å²) >= 11 is 0. The van der Waals surface area contributed by atoms with Gasteiger partial charge in [0.25, 0.3) is 5.91 Å². The van der Waals surface area contributed by atoms with Crippen LogP contribution in [0.2, 0.25) is 0 Å². The first-order valence-corrected chi connectivity index (χ1v) is 9.19. The normalized spacial score (nSPS) is 20.7. The van der Waals surface area contributed by atoms with Gasteiger partial charge < -0.3 is 9.47 Å². The molecule has 1 unspecified atom stereocenters. The quantitative estimate of drug-likeness (QED) is 0.446. The Bertz CT molecular complexity index is 666. The Morgan fingerprint density at radius 3 is 3.00 bits per heavy atom. The SMILES string of the molecule is O=C(/C=C/C1CC=C(c2cccc(OCCN3CCCCC3)c2)O1)NO. The van der Waals surface area contributed by atoms with E-state index in [0.29, 0.717) is 13.0 Å². The molecule has 6 nitrogen and oxygen atoms in total. The van der Waals surface area contributed by atoms with Gasteiger partial charge in [-0.2, -0.15) is 0 Å². The van der Waals surface area contributed by atoms with Gasteiger partial charge in [-0.1, -0.05) is 18.6 Å². The fourth-order valence-corrected chi connectivity index (χ4v) is 3.23. The van der Waals surface area contributed by atoms with Gasteiger partial charge in [0.2, 0.25) is 0 Å². The van der Waals surface area contributed by atoms with E-state index in [-0.39, 0.29) is 6.10 Å². The maximum absolute atomic E-state index is 11.0. The minimum absolute atomic E-state index is 0.203. The lowest BCUT2D eigenvalue weighted by Gasteiger charge is -2.26. The number of nitrogens with zero attached hydrogens (tertiary/aromatic N) is 1. The predicted octanol–water partition coefficient (Wildman–Crippen LogP) is 2.74. The summed E-state index contributed by atoms with van der Waals surface area (Å²) in [6.45, 7) is 3.99. The van der Waals surface area contributed by atoms with E-state index in [1.165, 1.54) is 38.4 Å². The molecular formula is C20H26N2O4. The molecule has 0 aliphatic carbocycles. The van der Waals surface area contributed by atoms with Gasteiger partial charge in [-0.3, -0.25) is 14.9 Å². The second kappa shape index (κ2) is 9.40. The average Bonchev–Trinajstić information content (AvgIpc) is 3.16. The largest absolute Gasteiger partial charge is 0.492 e. The summed E-state index contributed by atoms with van der Waals surface area (Å²) in [5.41, 5.74) is 2.53. The predicted molar refractivity (Wildman–Crippen MR) is 98.8 cm³/mol. The van der Waals surface area contributed by atoms with Crippen LogP contribution < -0.4 is 10.2 Å². The van der Waals surface area contributed by atoms with Crippen LogP contribution in [-0.2, 0) is 9.53 Å². The number of amides is 1. The number of hydroxylamine groups is 1. The zero-order chi connectivity index (χ0) is 18.2. The Labute approximate surface area is 154 Å². The van der Waals surface area contributed by atoms with E-state index in [1.807, 2.05) is 30.3 Å². The molecule has 1 saturated heterocycles. The lowest BCUT2D eigenvalue weighted by atomic mass is 10.1. The number of carbonyl (C=O) groups excluding carboxylic acids is 1. The fraction of sp³-hybridized carbons (Fsp3) is 0.450. The molecule has 2 heterocycles. The Morgan fingerprint density at radius 1 is 1.35 bits per heavy atom. The van der Waals surface area contributed by atoms with Crippen LogP contribution >= 0.6 is 0 Å². The van der Waals surface area contributed by atoms with Crippen LogP contribution in [0.4, 0.5) is 0 Å². The zero-order valence-corrected chi connectivity index (χ0v) is 14.9. The highest BCUT2D eigenvalue weighted by Crippen LogP contribution is 2.29. The van der Waals surface area contributed by atoms with Gasteiger partial charge >= 0.3 is 0 Å². The van der Waals surface area contributed by atoms with Crippen molar-refractivity contribution in [3.8, 4) is 5.75 Å². The Morgan fingerprint density at radius 2 is 2.19 bits per heavy atom. The number of carbonyl (C=O) groups is 1. The molecule has 140 valence electrons. The number of nitrogens with one attached hydrogen (secondary N) is 1. The van der Waals surface area contributed by atoms with Crippen molar-refractivity contribution in [2.45, 2.75) is 31.8 Å². The van der Waals surface area contributed by atoms with Crippen molar-refractivity contribution < 1.29 is 19.5 Å². The van der Waals surface area contributed by atoms with Gasteiger partial charge in [-0.25, -0.2) is 5.48 Å². The molecule has 1 aromatic carbocycles. The highest BCUT2D eigenvalue weighted by Gasteiger charge is 2.17. The summed E-state index contributed by atoms with van der Waals surface area (Å²) in [5, 5.41) is 8.50. The highest BCUT2D eigenvalue weighted by atomic mass is 16.5. The first-order chi connectivity index (χ1) is 12.7. The first kappa shape index (κ1) is 18.5. The van der Waals surface area contributed by atoms with Crippen molar-refractivity contribution in [3.63, 3.8) is 0 Å². The van der Waals surface area contributed by atoms with E-state index in [0.717, 1.165) is 23.6 Å². The molecule has 0 radical (unpaired) electrons. The van der Waals surface area contributed by atoms with E-state index in [9.17, 15) is 4.79 Å². The molecule has 2 aliphatic rings. The third-order valence-electron chi connectivity index (χ3n) is 4.63. The van der Waals surface area contributed by atoms with Crippen LogP contribution in [0.3, 0.4) is 0 Å². The minimum atomic E-state index is -0.564. The molecule has 0 aromatic heterocycles. The minimum Gasteiger partial charge on any atom is -0.492 e.